The lowest BCUT2D eigenvalue weighted by molar-refractivity contribution is 0.102. The molecule has 0 aliphatic carbocycles. The van der Waals surface area contributed by atoms with E-state index in [1.165, 1.54) is 12.1 Å². The highest BCUT2D eigenvalue weighted by molar-refractivity contribution is 7.89. The predicted molar refractivity (Wildman–Crippen MR) is 109 cm³/mol. The molecule has 1 amide bonds. The number of amides is 1. The van der Waals surface area contributed by atoms with Gasteiger partial charge in [-0.1, -0.05) is 30.3 Å². The van der Waals surface area contributed by atoms with E-state index in [4.69, 9.17) is 0 Å². The number of sulfonamides is 1. The molecular formula is C21H18FN3O3S. The van der Waals surface area contributed by atoms with Gasteiger partial charge in [0.05, 0.1) is 5.69 Å². The first-order valence-electron chi connectivity index (χ1n) is 8.89. The molecule has 0 spiro atoms. The molecule has 0 radical (unpaired) electrons. The highest BCUT2D eigenvalue weighted by atomic mass is 32.2. The third kappa shape index (κ3) is 3.85. The zero-order valence-corrected chi connectivity index (χ0v) is 16.3. The van der Waals surface area contributed by atoms with E-state index in [2.05, 4.69) is 15.4 Å². The van der Waals surface area contributed by atoms with Crippen molar-refractivity contribution in [1.29, 1.82) is 0 Å². The molecule has 1 aliphatic heterocycles. The van der Waals surface area contributed by atoms with Crippen molar-refractivity contribution in [3.8, 4) is 0 Å². The van der Waals surface area contributed by atoms with Crippen molar-refractivity contribution >= 4 is 27.3 Å². The maximum absolute atomic E-state index is 13.6. The van der Waals surface area contributed by atoms with Gasteiger partial charge in [-0.3, -0.25) is 4.79 Å². The van der Waals surface area contributed by atoms with Crippen molar-refractivity contribution in [3.63, 3.8) is 0 Å². The monoisotopic (exact) mass is 411 g/mol. The first-order chi connectivity index (χ1) is 13.8. The van der Waals surface area contributed by atoms with E-state index < -0.39 is 22.0 Å². The third-order valence-corrected chi connectivity index (χ3v) is 6.17. The van der Waals surface area contributed by atoms with Crippen LogP contribution >= 0.6 is 0 Å². The fourth-order valence-electron chi connectivity index (χ4n) is 3.08. The van der Waals surface area contributed by atoms with Crippen LogP contribution in [0.3, 0.4) is 0 Å². The molecule has 3 N–H and O–H groups in total. The molecule has 0 unspecified atom stereocenters. The second-order valence-corrected chi connectivity index (χ2v) is 8.42. The van der Waals surface area contributed by atoms with Crippen molar-refractivity contribution < 1.29 is 17.6 Å². The summed E-state index contributed by atoms with van der Waals surface area (Å²) in [6, 6.07) is 17.6. The Morgan fingerprint density at radius 1 is 1.03 bits per heavy atom. The first-order valence-corrected chi connectivity index (χ1v) is 10.4. The quantitative estimate of drug-likeness (QED) is 0.612. The average Bonchev–Trinajstić information content (AvgIpc) is 2.70. The van der Waals surface area contributed by atoms with Gasteiger partial charge in [-0.25, -0.2) is 12.8 Å². The number of rotatable bonds is 3. The number of hydrogen-bond donors (Lipinski definition) is 3. The van der Waals surface area contributed by atoms with E-state index in [1.807, 2.05) is 0 Å². The molecule has 3 aromatic rings. The highest BCUT2D eigenvalue weighted by Gasteiger charge is 2.29. The minimum atomic E-state index is -3.64. The molecule has 0 aromatic heterocycles. The van der Waals surface area contributed by atoms with Crippen LogP contribution in [0.25, 0.3) is 0 Å². The van der Waals surface area contributed by atoms with Crippen molar-refractivity contribution in [1.82, 2.24) is 4.72 Å². The number of anilines is 2. The van der Waals surface area contributed by atoms with Gasteiger partial charge < -0.3 is 10.6 Å². The molecule has 0 saturated carbocycles. The Kier molecular flexibility index (Phi) is 4.81. The molecule has 1 aliphatic rings. The van der Waals surface area contributed by atoms with Crippen molar-refractivity contribution in [3.05, 3.63) is 89.2 Å². The number of aryl methyl sites for hydroxylation is 1. The Bertz CT molecular complexity index is 1190. The summed E-state index contributed by atoms with van der Waals surface area (Å²) in [5.74, 6) is -0.781. The fourth-order valence-corrected chi connectivity index (χ4v) is 4.38. The maximum Gasteiger partial charge on any atom is 0.255 e. The topological polar surface area (TPSA) is 87.3 Å². The molecule has 148 valence electrons. The highest BCUT2D eigenvalue weighted by Crippen LogP contribution is 2.30. The van der Waals surface area contributed by atoms with Crippen LogP contribution in [-0.2, 0) is 10.0 Å². The third-order valence-electron chi connectivity index (χ3n) is 4.69. The van der Waals surface area contributed by atoms with E-state index in [9.17, 15) is 17.6 Å². The van der Waals surface area contributed by atoms with E-state index in [0.29, 0.717) is 28.1 Å². The Labute approximate surface area is 167 Å². The number of para-hydroxylation sites is 1. The molecule has 0 fully saturated rings. The molecule has 3 aromatic carbocycles. The summed E-state index contributed by atoms with van der Waals surface area (Å²) in [4.78, 5) is 12.6. The van der Waals surface area contributed by atoms with Crippen LogP contribution in [0.4, 0.5) is 15.8 Å². The van der Waals surface area contributed by atoms with Crippen molar-refractivity contribution in [2.75, 3.05) is 10.6 Å². The second-order valence-electron chi connectivity index (χ2n) is 6.73. The Morgan fingerprint density at radius 3 is 2.48 bits per heavy atom. The minimum Gasteiger partial charge on any atom is -0.364 e. The van der Waals surface area contributed by atoms with Gasteiger partial charge in [-0.15, -0.1) is 0 Å². The van der Waals surface area contributed by atoms with Crippen LogP contribution in [0.5, 0.6) is 0 Å². The number of hydrogen-bond acceptors (Lipinski definition) is 4. The van der Waals surface area contributed by atoms with Crippen molar-refractivity contribution in [2.24, 2.45) is 0 Å². The number of nitrogens with one attached hydrogen (secondary N) is 3. The van der Waals surface area contributed by atoms with Gasteiger partial charge in [0.15, 0.2) is 0 Å². The molecule has 0 saturated heterocycles. The lowest BCUT2D eigenvalue weighted by Gasteiger charge is -2.28. The van der Waals surface area contributed by atoms with E-state index in [0.717, 1.165) is 0 Å². The number of carbonyl (C=O) groups is 1. The van der Waals surface area contributed by atoms with Crippen LogP contribution in [0.15, 0.2) is 71.6 Å². The molecule has 4 rings (SSSR count). The summed E-state index contributed by atoms with van der Waals surface area (Å²) >= 11 is 0. The van der Waals surface area contributed by atoms with Crippen LogP contribution in [0, 0.1) is 12.7 Å². The number of halogens is 1. The molecule has 29 heavy (non-hydrogen) atoms. The molecular weight excluding hydrogens is 393 g/mol. The van der Waals surface area contributed by atoms with Gasteiger partial charge in [0, 0.05) is 11.3 Å². The average molecular weight is 411 g/mol. The van der Waals surface area contributed by atoms with E-state index in [1.54, 1.807) is 61.5 Å². The van der Waals surface area contributed by atoms with Gasteiger partial charge >= 0.3 is 0 Å². The van der Waals surface area contributed by atoms with Crippen LogP contribution in [0.2, 0.25) is 0 Å². The Balaban J connectivity index is 1.52. The minimum absolute atomic E-state index is 0.192. The molecule has 1 atom stereocenters. The number of carbonyl (C=O) groups excluding carboxylic acids is 1. The molecule has 0 bridgehead atoms. The maximum atomic E-state index is 13.6. The molecule has 1 heterocycles. The summed E-state index contributed by atoms with van der Waals surface area (Å²) in [6.07, 6.45) is -0.654. The van der Waals surface area contributed by atoms with Gasteiger partial charge in [0.1, 0.15) is 16.9 Å². The smallest absolute Gasteiger partial charge is 0.255 e. The van der Waals surface area contributed by atoms with Gasteiger partial charge in [0.2, 0.25) is 10.0 Å². The van der Waals surface area contributed by atoms with E-state index in [-0.39, 0.29) is 10.8 Å². The number of fused-ring (bicyclic) bond motifs is 1. The Morgan fingerprint density at radius 2 is 1.76 bits per heavy atom. The normalized spacial score (nSPS) is 17.1. The summed E-state index contributed by atoms with van der Waals surface area (Å²) in [5.41, 5.74) is 2.39. The van der Waals surface area contributed by atoms with Gasteiger partial charge in [-0.2, -0.15) is 4.72 Å². The Hall–Kier alpha value is -3.23. The van der Waals surface area contributed by atoms with Gasteiger partial charge in [0.25, 0.3) is 5.91 Å². The van der Waals surface area contributed by atoms with Gasteiger partial charge in [-0.05, 0) is 54.4 Å². The number of benzene rings is 3. The standard InChI is InChI=1S/C21H18FN3O3S/c1-13-6-11-16(12-17(13)22)23-21(26)15-9-7-14(8-10-15)20-24-18-4-2-3-5-19(18)29(27,28)25-20/h2-12,20,24-25H,1H3,(H,23,26)/t20-/m1/s1. The molecule has 8 heteroatoms. The van der Waals surface area contributed by atoms with Crippen LogP contribution in [0.1, 0.15) is 27.7 Å². The summed E-state index contributed by atoms with van der Waals surface area (Å²) in [5, 5.41) is 5.78. The van der Waals surface area contributed by atoms with Crippen LogP contribution in [-0.4, -0.2) is 14.3 Å². The lowest BCUT2D eigenvalue weighted by atomic mass is 10.1. The summed E-state index contributed by atoms with van der Waals surface area (Å²) in [7, 11) is -3.64. The van der Waals surface area contributed by atoms with Crippen LogP contribution < -0.4 is 15.4 Å². The molecule has 6 nitrogen and oxygen atoms in total. The fraction of sp³-hybridized carbons (Fsp3) is 0.0952. The summed E-state index contributed by atoms with van der Waals surface area (Å²) in [6.45, 7) is 1.64. The second kappa shape index (κ2) is 7.31. The predicted octanol–water partition coefficient (Wildman–Crippen LogP) is 3.79. The lowest BCUT2D eigenvalue weighted by Crippen LogP contribution is -2.38. The largest absolute Gasteiger partial charge is 0.364 e. The zero-order valence-electron chi connectivity index (χ0n) is 15.4. The van der Waals surface area contributed by atoms with Crippen molar-refractivity contribution in [2.45, 2.75) is 18.0 Å². The zero-order chi connectivity index (χ0) is 20.6. The first kappa shape index (κ1) is 19.1. The summed E-state index contributed by atoms with van der Waals surface area (Å²) < 4.78 is 41.1. The SMILES string of the molecule is Cc1ccc(NC(=O)c2ccc([C@@H]3Nc4ccccc4S(=O)(=O)N3)cc2)cc1F. The van der Waals surface area contributed by atoms with E-state index >= 15 is 0 Å².